The number of nitrogens with zero attached hydrogens (tertiary/aromatic N) is 1. The van der Waals surface area contributed by atoms with Gasteiger partial charge in [0.1, 0.15) is 5.82 Å². The van der Waals surface area contributed by atoms with Crippen molar-refractivity contribution in [1.29, 1.82) is 0 Å². The van der Waals surface area contributed by atoms with E-state index in [-0.39, 0.29) is 16.5 Å². The van der Waals surface area contributed by atoms with Crippen LogP contribution < -0.4 is 5.43 Å². The van der Waals surface area contributed by atoms with Gasteiger partial charge in [0.05, 0.1) is 11.2 Å². The van der Waals surface area contributed by atoms with Crippen molar-refractivity contribution in [2.45, 2.75) is 64.7 Å². The van der Waals surface area contributed by atoms with Crippen molar-refractivity contribution in [3.63, 3.8) is 0 Å². The van der Waals surface area contributed by atoms with E-state index in [4.69, 9.17) is 11.6 Å². The molecular weight excluding hydrogens is 315 g/mol. The van der Waals surface area contributed by atoms with E-state index in [1.54, 1.807) is 6.07 Å². The van der Waals surface area contributed by atoms with Gasteiger partial charge in [-0.3, -0.25) is 4.79 Å². The molecule has 0 fully saturated rings. The first-order chi connectivity index (χ1) is 11.1. The van der Waals surface area contributed by atoms with Gasteiger partial charge in [0.25, 0.3) is 0 Å². The van der Waals surface area contributed by atoms with E-state index in [0.29, 0.717) is 6.42 Å². The van der Waals surface area contributed by atoms with Gasteiger partial charge >= 0.3 is 0 Å². The molecule has 0 bridgehead atoms. The molecular formula is C18H26ClFN2O. The number of carbonyl (C=O) groups is 1. The van der Waals surface area contributed by atoms with Gasteiger partial charge in [-0.15, -0.1) is 0 Å². The van der Waals surface area contributed by atoms with Crippen molar-refractivity contribution in [2.24, 2.45) is 5.10 Å². The molecule has 128 valence electrons. The van der Waals surface area contributed by atoms with E-state index >= 15 is 0 Å². The highest BCUT2D eigenvalue weighted by atomic mass is 35.5. The van der Waals surface area contributed by atoms with E-state index in [9.17, 15) is 9.18 Å². The van der Waals surface area contributed by atoms with Crippen molar-refractivity contribution in [1.82, 2.24) is 5.43 Å². The molecule has 0 saturated carbocycles. The minimum Gasteiger partial charge on any atom is -0.273 e. The minimum absolute atomic E-state index is 0.153. The predicted molar refractivity (Wildman–Crippen MR) is 94.4 cm³/mol. The molecule has 0 saturated heterocycles. The van der Waals surface area contributed by atoms with Crippen LogP contribution in [0.25, 0.3) is 0 Å². The average Bonchev–Trinajstić information content (AvgIpc) is 2.53. The van der Waals surface area contributed by atoms with E-state index < -0.39 is 5.82 Å². The Bertz CT molecular complexity index is 486. The molecule has 0 aliphatic rings. The first-order valence-electron chi connectivity index (χ1n) is 8.41. The summed E-state index contributed by atoms with van der Waals surface area (Å²) in [6.07, 6.45) is 11.2. The molecule has 0 aromatic heterocycles. The third-order valence-corrected chi connectivity index (χ3v) is 3.97. The first kappa shape index (κ1) is 19.6. The summed E-state index contributed by atoms with van der Waals surface area (Å²) in [7, 11) is 0. The van der Waals surface area contributed by atoms with Crippen LogP contribution in [0.15, 0.2) is 23.3 Å². The van der Waals surface area contributed by atoms with Crippen LogP contribution in [0.4, 0.5) is 4.39 Å². The lowest BCUT2D eigenvalue weighted by Gasteiger charge is -2.02. The second kappa shape index (κ2) is 12.1. The molecule has 0 aliphatic heterocycles. The normalized spacial score (nSPS) is 11.1. The van der Waals surface area contributed by atoms with E-state index in [0.717, 1.165) is 12.8 Å². The number of carbonyl (C=O) groups excluding carboxylic acids is 1. The summed E-state index contributed by atoms with van der Waals surface area (Å²) in [4.78, 5) is 11.6. The topological polar surface area (TPSA) is 41.5 Å². The van der Waals surface area contributed by atoms with Gasteiger partial charge in [0.15, 0.2) is 0 Å². The largest absolute Gasteiger partial charge is 0.273 e. The number of hydrogen-bond acceptors (Lipinski definition) is 2. The van der Waals surface area contributed by atoms with Gasteiger partial charge < -0.3 is 0 Å². The Hall–Kier alpha value is -1.42. The lowest BCUT2D eigenvalue weighted by atomic mass is 10.1. The van der Waals surface area contributed by atoms with Gasteiger partial charge in [0, 0.05) is 12.0 Å². The molecule has 0 atom stereocenters. The van der Waals surface area contributed by atoms with Gasteiger partial charge in [0.2, 0.25) is 5.91 Å². The fourth-order valence-electron chi connectivity index (χ4n) is 2.28. The molecule has 23 heavy (non-hydrogen) atoms. The number of hydrogen-bond donors (Lipinski definition) is 1. The van der Waals surface area contributed by atoms with Crippen LogP contribution in [0, 0.1) is 5.82 Å². The zero-order valence-electron chi connectivity index (χ0n) is 13.8. The molecule has 1 amide bonds. The second-order valence-corrected chi connectivity index (χ2v) is 6.06. The number of unbranched alkanes of at least 4 members (excludes halogenated alkanes) is 7. The fourth-order valence-corrected chi connectivity index (χ4v) is 2.49. The highest BCUT2D eigenvalue weighted by Gasteiger charge is 2.04. The third-order valence-electron chi connectivity index (χ3n) is 3.64. The SMILES string of the molecule is CCCCCCCCCCC(=O)NN=Cc1c(F)cccc1Cl. The molecule has 1 aromatic rings. The number of hydrazone groups is 1. The quantitative estimate of drug-likeness (QED) is 0.324. The van der Waals surface area contributed by atoms with Crippen molar-refractivity contribution in [2.75, 3.05) is 0 Å². The van der Waals surface area contributed by atoms with Crippen LogP contribution in [0.3, 0.4) is 0 Å². The summed E-state index contributed by atoms with van der Waals surface area (Å²) in [5, 5.41) is 4.03. The standard InChI is InChI=1S/C18H26ClFN2O/c1-2-3-4-5-6-7-8-9-13-18(23)22-21-14-15-16(19)11-10-12-17(15)20/h10-12,14H,2-9,13H2,1H3,(H,22,23). The Morgan fingerprint density at radius 2 is 1.83 bits per heavy atom. The van der Waals surface area contributed by atoms with E-state index in [1.807, 2.05) is 0 Å². The maximum Gasteiger partial charge on any atom is 0.240 e. The molecule has 0 spiro atoms. The number of benzene rings is 1. The zero-order valence-corrected chi connectivity index (χ0v) is 14.5. The van der Waals surface area contributed by atoms with Gasteiger partial charge in [-0.1, -0.05) is 69.5 Å². The highest BCUT2D eigenvalue weighted by Crippen LogP contribution is 2.16. The monoisotopic (exact) mass is 340 g/mol. The third kappa shape index (κ3) is 8.70. The lowest BCUT2D eigenvalue weighted by Crippen LogP contribution is -2.17. The fraction of sp³-hybridized carbons (Fsp3) is 0.556. The molecule has 1 rings (SSSR count). The average molecular weight is 341 g/mol. The van der Waals surface area contributed by atoms with Gasteiger partial charge in [-0.25, -0.2) is 9.82 Å². The summed E-state index contributed by atoms with van der Waals surface area (Å²) < 4.78 is 13.5. The Kier molecular flexibility index (Phi) is 10.3. The molecule has 3 nitrogen and oxygen atoms in total. The maximum atomic E-state index is 13.5. The zero-order chi connectivity index (χ0) is 16.9. The van der Waals surface area contributed by atoms with Crippen LogP contribution in [0.1, 0.15) is 70.3 Å². The Labute approximate surface area is 143 Å². The smallest absolute Gasteiger partial charge is 0.240 e. The maximum absolute atomic E-state index is 13.5. The van der Waals surface area contributed by atoms with Crippen LogP contribution in [0.2, 0.25) is 5.02 Å². The van der Waals surface area contributed by atoms with Crippen molar-refractivity contribution < 1.29 is 9.18 Å². The highest BCUT2D eigenvalue weighted by molar-refractivity contribution is 6.33. The van der Waals surface area contributed by atoms with Gasteiger partial charge in [-0.05, 0) is 18.6 Å². The van der Waals surface area contributed by atoms with Crippen LogP contribution in [-0.2, 0) is 4.79 Å². The Balaban J connectivity index is 2.14. The molecule has 1 N–H and O–H groups in total. The molecule has 0 heterocycles. The summed E-state index contributed by atoms with van der Waals surface area (Å²) in [5.41, 5.74) is 2.59. The summed E-state index contributed by atoms with van der Waals surface area (Å²) in [6.45, 7) is 2.21. The molecule has 0 radical (unpaired) electrons. The molecule has 0 aliphatic carbocycles. The van der Waals surface area contributed by atoms with Crippen molar-refractivity contribution >= 4 is 23.7 Å². The Morgan fingerprint density at radius 3 is 2.48 bits per heavy atom. The number of nitrogens with one attached hydrogen (secondary N) is 1. The van der Waals surface area contributed by atoms with Crippen molar-refractivity contribution in [3.05, 3.63) is 34.6 Å². The summed E-state index contributed by atoms with van der Waals surface area (Å²) in [5.74, 6) is -0.613. The number of rotatable bonds is 11. The van der Waals surface area contributed by atoms with Crippen LogP contribution >= 0.6 is 11.6 Å². The molecule has 0 unspecified atom stereocenters. The van der Waals surface area contributed by atoms with Gasteiger partial charge in [-0.2, -0.15) is 5.10 Å². The van der Waals surface area contributed by atoms with E-state index in [2.05, 4.69) is 17.5 Å². The minimum atomic E-state index is -0.460. The van der Waals surface area contributed by atoms with Crippen LogP contribution in [-0.4, -0.2) is 12.1 Å². The van der Waals surface area contributed by atoms with Crippen LogP contribution in [0.5, 0.6) is 0 Å². The molecule has 5 heteroatoms. The number of amides is 1. The predicted octanol–water partition coefficient (Wildman–Crippen LogP) is 5.46. The number of halogens is 2. The molecule has 1 aromatic carbocycles. The first-order valence-corrected chi connectivity index (χ1v) is 8.79. The lowest BCUT2D eigenvalue weighted by molar-refractivity contribution is -0.121. The second-order valence-electron chi connectivity index (χ2n) is 5.65. The van der Waals surface area contributed by atoms with E-state index in [1.165, 1.54) is 56.9 Å². The summed E-state index contributed by atoms with van der Waals surface area (Å²) in [6, 6.07) is 4.40. The Morgan fingerprint density at radius 1 is 1.17 bits per heavy atom. The summed E-state index contributed by atoms with van der Waals surface area (Å²) >= 11 is 5.86. The van der Waals surface area contributed by atoms with Crippen molar-refractivity contribution in [3.8, 4) is 0 Å².